The van der Waals surface area contributed by atoms with Crippen LogP contribution in [0.1, 0.15) is 5.56 Å². The van der Waals surface area contributed by atoms with Gasteiger partial charge in [-0.3, -0.25) is 0 Å². The highest BCUT2D eigenvalue weighted by Gasteiger charge is 2.49. The van der Waals surface area contributed by atoms with E-state index in [4.69, 9.17) is 0 Å². The third-order valence-electron chi connectivity index (χ3n) is 2.06. The molecule has 0 fully saturated rings. The van der Waals surface area contributed by atoms with Gasteiger partial charge >= 0.3 is 5.92 Å². The minimum atomic E-state index is -3.02. The SMILES string of the molecule is FC1=C(F)N(F)C(F)(c2ccccc2)N1. The molecule has 0 aliphatic carbocycles. The minimum absolute atomic E-state index is 0.227. The van der Waals surface area contributed by atoms with E-state index in [-0.39, 0.29) is 5.56 Å². The van der Waals surface area contributed by atoms with Crippen LogP contribution in [0.15, 0.2) is 42.2 Å². The maximum Gasteiger partial charge on any atom is 0.315 e. The molecule has 1 aliphatic rings. The summed E-state index contributed by atoms with van der Waals surface area (Å²) in [5, 5.41) is 0.549. The van der Waals surface area contributed by atoms with E-state index in [1.54, 1.807) is 6.07 Å². The Kier molecular flexibility index (Phi) is 2.06. The molecule has 1 aromatic rings. The molecule has 15 heavy (non-hydrogen) atoms. The molecule has 2 nitrogen and oxygen atoms in total. The fourth-order valence-electron chi connectivity index (χ4n) is 1.31. The second-order valence-electron chi connectivity index (χ2n) is 3.00. The van der Waals surface area contributed by atoms with Crippen molar-refractivity contribution in [1.82, 2.24) is 10.4 Å². The molecule has 0 amide bonds. The Balaban J connectivity index is 2.40. The van der Waals surface area contributed by atoms with E-state index < -0.39 is 22.9 Å². The van der Waals surface area contributed by atoms with E-state index in [0.717, 1.165) is 0 Å². The van der Waals surface area contributed by atoms with E-state index in [9.17, 15) is 17.7 Å². The molecule has 1 aliphatic heterocycles. The molecule has 6 heteroatoms. The van der Waals surface area contributed by atoms with Crippen molar-refractivity contribution in [3.8, 4) is 0 Å². The van der Waals surface area contributed by atoms with Gasteiger partial charge in [0.2, 0.25) is 5.95 Å². The Labute approximate surface area is 82.7 Å². The van der Waals surface area contributed by atoms with E-state index in [1.165, 1.54) is 29.6 Å². The van der Waals surface area contributed by atoms with Gasteiger partial charge < -0.3 is 5.32 Å². The van der Waals surface area contributed by atoms with Gasteiger partial charge in [0.1, 0.15) is 0 Å². The predicted octanol–water partition coefficient (Wildman–Crippen LogP) is 2.62. The summed E-state index contributed by atoms with van der Waals surface area (Å²) in [4.78, 5) is 0. The van der Waals surface area contributed by atoms with Crippen molar-refractivity contribution < 1.29 is 17.7 Å². The van der Waals surface area contributed by atoms with Gasteiger partial charge in [0.05, 0.1) is 0 Å². The summed E-state index contributed by atoms with van der Waals surface area (Å²) >= 11 is 0. The molecule has 2 rings (SSSR count). The van der Waals surface area contributed by atoms with Crippen LogP contribution in [0.2, 0.25) is 0 Å². The van der Waals surface area contributed by atoms with Gasteiger partial charge in [-0.2, -0.15) is 13.2 Å². The Morgan fingerprint density at radius 3 is 2.20 bits per heavy atom. The average Bonchev–Trinajstić information content (AvgIpc) is 2.45. The highest BCUT2D eigenvalue weighted by Crippen LogP contribution is 2.38. The van der Waals surface area contributed by atoms with Gasteiger partial charge in [-0.1, -0.05) is 34.8 Å². The zero-order valence-corrected chi connectivity index (χ0v) is 7.35. The average molecular weight is 218 g/mol. The first-order valence-corrected chi connectivity index (χ1v) is 4.09. The second kappa shape index (κ2) is 3.15. The molecule has 1 heterocycles. The van der Waals surface area contributed by atoms with Crippen LogP contribution in [0, 0.1) is 0 Å². The molecule has 0 aromatic heterocycles. The summed E-state index contributed by atoms with van der Waals surface area (Å²) in [6, 6.07) is 6.86. The largest absolute Gasteiger partial charge is 0.315 e. The van der Waals surface area contributed by atoms with Crippen molar-refractivity contribution in [1.29, 1.82) is 0 Å². The predicted molar refractivity (Wildman–Crippen MR) is 44.6 cm³/mol. The van der Waals surface area contributed by atoms with Crippen LogP contribution in [0.4, 0.5) is 17.7 Å². The summed E-state index contributed by atoms with van der Waals surface area (Å²) in [7, 11) is 0. The maximum atomic E-state index is 13.9. The molecule has 1 N–H and O–H groups in total. The lowest BCUT2D eigenvalue weighted by molar-refractivity contribution is -0.149. The summed E-state index contributed by atoms with van der Waals surface area (Å²) < 4.78 is 52.1. The normalized spacial score (nSPS) is 25.7. The van der Waals surface area contributed by atoms with E-state index in [2.05, 4.69) is 0 Å². The highest BCUT2D eigenvalue weighted by atomic mass is 19.2. The number of hydrogen-bond acceptors (Lipinski definition) is 2. The smallest absolute Gasteiger partial charge is 0.303 e. The van der Waals surface area contributed by atoms with Crippen molar-refractivity contribution >= 4 is 0 Å². The van der Waals surface area contributed by atoms with E-state index in [1.807, 2.05) is 0 Å². The lowest BCUT2D eigenvalue weighted by Crippen LogP contribution is -2.41. The standard InChI is InChI=1S/C9H6F4N2/c10-7-8(11)15(13)9(12,14-7)6-4-2-1-3-5-6/h1-5,14H. The zero-order chi connectivity index (χ0) is 11.1. The Hall–Kier alpha value is -1.72. The highest BCUT2D eigenvalue weighted by molar-refractivity contribution is 5.26. The van der Waals surface area contributed by atoms with E-state index in [0.29, 0.717) is 0 Å². The van der Waals surface area contributed by atoms with Crippen molar-refractivity contribution in [2.75, 3.05) is 0 Å². The molecular weight excluding hydrogens is 212 g/mol. The molecule has 0 spiro atoms. The quantitative estimate of drug-likeness (QED) is 0.443. The van der Waals surface area contributed by atoms with Crippen LogP contribution in [0.3, 0.4) is 0 Å². The van der Waals surface area contributed by atoms with Crippen LogP contribution < -0.4 is 5.32 Å². The van der Waals surface area contributed by atoms with Gasteiger partial charge in [-0.25, -0.2) is 0 Å². The second-order valence-corrected chi connectivity index (χ2v) is 3.00. The Bertz CT molecular complexity index is 406. The third kappa shape index (κ3) is 1.33. The lowest BCUT2D eigenvalue weighted by Gasteiger charge is -2.24. The summed E-state index contributed by atoms with van der Waals surface area (Å²) in [5.74, 6) is -6.58. The first-order chi connectivity index (χ1) is 7.05. The number of rotatable bonds is 1. The molecular formula is C9H6F4N2. The third-order valence-corrected chi connectivity index (χ3v) is 2.06. The van der Waals surface area contributed by atoms with Gasteiger partial charge in [-0.05, 0) is 0 Å². The molecule has 0 saturated carbocycles. The van der Waals surface area contributed by atoms with E-state index >= 15 is 0 Å². The van der Waals surface area contributed by atoms with Crippen LogP contribution in [-0.4, -0.2) is 5.12 Å². The minimum Gasteiger partial charge on any atom is -0.303 e. The van der Waals surface area contributed by atoms with Crippen molar-refractivity contribution in [3.05, 3.63) is 47.8 Å². The Morgan fingerprint density at radius 2 is 1.73 bits per heavy atom. The Morgan fingerprint density at radius 1 is 1.13 bits per heavy atom. The van der Waals surface area contributed by atoms with Crippen LogP contribution >= 0.6 is 0 Å². The molecule has 1 aromatic carbocycles. The monoisotopic (exact) mass is 218 g/mol. The maximum absolute atomic E-state index is 13.9. The fourth-order valence-corrected chi connectivity index (χ4v) is 1.31. The summed E-state index contributed by atoms with van der Waals surface area (Å²) in [6.07, 6.45) is 0. The molecule has 0 saturated heterocycles. The topological polar surface area (TPSA) is 15.3 Å². The van der Waals surface area contributed by atoms with Gasteiger partial charge in [-0.15, -0.1) is 5.12 Å². The zero-order valence-electron chi connectivity index (χ0n) is 7.35. The van der Waals surface area contributed by atoms with Gasteiger partial charge in [0.15, 0.2) is 0 Å². The molecule has 1 unspecified atom stereocenters. The van der Waals surface area contributed by atoms with Gasteiger partial charge in [0, 0.05) is 5.56 Å². The van der Waals surface area contributed by atoms with Gasteiger partial charge in [0.25, 0.3) is 5.95 Å². The number of hydrogen-bond donors (Lipinski definition) is 1. The van der Waals surface area contributed by atoms with Crippen LogP contribution in [-0.2, 0) is 5.92 Å². The summed E-state index contributed by atoms with van der Waals surface area (Å²) in [6.45, 7) is 0. The molecule has 80 valence electrons. The number of alkyl halides is 1. The van der Waals surface area contributed by atoms with Crippen LogP contribution in [0.5, 0.6) is 0 Å². The van der Waals surface area contributed by atoms with Crippen molar-refractivity contribution in [2.24, 2.45) is 0 Å². The molecule has 0 bridgehead atoms. The molecule has 1 atom stereocenters. The fraction of sp³-hybridized carbons (Fsp3) is 0.111. The van der Waals surface area contributed by atoms with Crippen molar-refractivity contribution in [2.45, 2.75) is 5.92 Å². The number of nitrogens with one attached hydrogen (secondary N) is 1. The first-order valence-electron chi connectivity index (χ1n) is 4.09. The molecule has 0 radical (unpaired) electrons. The number of halogens is 4. The first kappa shape index (κ1) is 9.82. The summed E-state index contributed by atoms with van der Waals surface area (Å²) in [5.41, 5.74) is -0.227. The number of nitrogens with zero attached hydrogens (tertiary/aromatic N) is 1. The van der Waals surface area contributed by atoms with Crippen LogP contribution in [0.25, 0.3) is 0 Å². The van der Waals surface area contributed by atoms with Crippen molar-refractivity contribution in [3.63, 3.8) is 0 Å². The lowest BCUT2D eigenvalue weighted by atomic mass is 10.1. The number of benzene rings is 1.